The van der Waals surface area contributed by atoms with Gasteiger partial charge in [-0.1, -0.05) is 12.7 Å². The lowest BCUT2D eigenvalue weighted by atomic mass is 9.90. The van der Waals surface area contributed by atoms with Crippen LogP contribution in [0, 0.1) is 17.5 Å². The summed E-state index contributed by atoms with van der Waals surface area (Å²) >= 11 is 0. The van der Waals surface area contributed by atoms with Gasteiger partial charge in [0.2, 0.25) is 0 Å². The van der Waals surface area contributed by atoms with E-state index in [9.17, 15) is 27.9 Å². The highest BCUT2D eigenvalue weighted by Gasteiger charge is 2.48. The van der Waals surface area contributed by atoms with Crippen LogP contribution in [0.5, 0.6) is 0 Å². The molecule has 0 saturated carbocycles. The molecule has 214 valence electrons. The zero-order valence-corrected chi connectivity index (χ0v) is 22.6. The molecule has 2 heterocycles. The van der Waals surface area contributed by atoms with Crippen LogP contribution in [0.2, 0.25) is 0 Å². The Morgan fingerprint density at radius 2 is 1.90 bits per heavy atom. The number of aliphatic carboxylic acids is 1. The number of hydrogen-bond acceptors (Lipinski definition) is 5. The first-order valence-corrected chi connectivity index (χ1v) is 13.2. The van der Waals surface area contributed by atoms with Crippen molar-refractivity contribution in [1.29, 1.82) is 0 Å². The molecule has 1 amide bonds. The molecule has 0 unspecified atom stereocenters. The number of carboxylic acid groups (broad SMARTS) is 1. The second-order valence-electron chi connectivity index (χ2n) is 10.1. The highest BCUT2D eigenvalue weighted by molar-refractivity contribution is 5.87. The summed E-state index contributed by atoms with van der Waals surface area (Å²) in [5.41, 5.74) is 1.43. The Balaban J connectivity index is 1.51. The molecule has 0 bridgehead atoms. The first-order valence-electron chi connectivity index (χ1n) is 13.2. The van der Waals surface area contributed by atoms with Crippen LogP contribution in [-0.4, -0.2) is 65.4 Å². The molecule has 1 spiro atoms. The number of ether oxygens (including phenoxy) is 2. The fourth-order valence-corrected chi connectivity index (χ4v) is 5.25. The molecule has 10 heteroatoms. The zero-order chi connectivity index (χ0) is 29.0. The molecule has 0 atom stereocenters. The van der Waals surface area contributed by atoms with Crippen LogP contribution in [0.1, 0.15) is 45.1 Å². The monoisotopic (exact) mass is 558 g/mol. The summed E-state index contributed by atoms with van der Waals surface area (Å²) in [5.74, 6) is -4.52. The van der Waals surface area contributed by atoms with Gasteiger partial charge in [0, 0.05) is 49.3 Å². The van der Waals surface area contributed by atoms with E-state index in [2.05, 4.69) is 11.5 Å². The Bertz CT molecular complexity index is 1320. The molecule has 1 aliphatic carbocycles. The maximum Gasteiger partial charge on any atom is 0.414 e. The largest absolute Gasteiger partial charge is 0.494 e. The minimum atomic E-state index is -1.52. The molecule has 40 heavy (non-hydrogen) atoms. The van der Waals surface area contributed by atoms with Crippen molar-refractivity contribution in [2.45, 2.75) is 45.1 Å². The van der Waals surface area contributed by atoms with Crippen molar-refractivity contribution < 1.29 is 37.3 Å². The lowest BCUT2D eigenvalue weighted by Gasteiger charge is -2.38. The minimum Gasteiger partial charge on any atom is -0.494 e. The van der Waals surface area contributed by atoms with E-state index in [1.165, 1.54) is 18.2 Å². The van der Waals surface area contributed by atoms with Gasteiger partial charge in [0.1, 0.15) is 11.4 Å². The van der Waals surface area contributed by atoms with Gasteiger partial charge in [0.25, 0.3) is 0 Å². The number of rotatable bonds is 9. The number of halogens is 3. The van der Waals surface area contributed by atoms with Crippen molar-refractivity contribution in [1.82, 2.24) is 9.80 Å². The van der Waals surface area contributed by atoms with Gasteiger partial charge in [-0.2, -0.15) is 0 Å². The van der Waals surface area contributed by atoms with Gasteiger partial charge in [0.15, 0.2) is 17.5 Å². The van der Waals surface area contributed by atoms with Crippen molar-refractivity contribution in [3.8, 4) is 0 Å². The Labute approximate surface area is 231 Å². The second kappa shape index (κ2) is 12.2. The van der Waals surface area contributed by atoms with Crippen molar-refractivity contribution >= 4 is 17.6 Å². The van der Waals surface area contributed by atoms with E-state index >= 15 is 0 Å². The fraction of sp³-hybridized carbons (Fsp3) is 0.400. The van der Waals surface area contributed by atoms with Crippen LogP contribution in [-0.2, 0) is 14.3 Å². The molecule has 3 aliphatic rings. The quantitative estimate of drug-likeness (QED) is 0.229. The van der Waals surface area contributed by atoms with Crippen LogP contribution in [0.25, 0.3) is 5.57 Å². The van der Waals surface area contributed by atoms with Gasteiger partial charge in [-0.25, -0.2) is 22.8 Å². The zero-order valence-electron chi connectivity index (χ0n) is 22.6. The van der Waals surface area contributed by atoms with E-state index in [1.54, 1.807) is 24.0 Å². The van der Waals surface area contributed by atoms with E-state index in [0.29, 0.717) is 80.9 Å². The maximum atomic E-state index is 14.7. The summed E-state index contributed by atoms with van der Waals surface area (Å²) in [6, 6.07) is 2.12. The molecule has 1 aromatic rings. The van der Waals surface area contributed by atoms with Crippen molar-refractivity contribution in [2.75, 3.05) is 32.8 Å². The Morgan fingerprint density at radius 3 is 2.50 bits per heavy atom. The first-order chi connectivity index (χ1) is 19.1. The number of carbonyl (C=O) groups is 2. The van der Waals surface area contributed by atoms with E-state index in [-0.39, 0.29) is 5.56 Å². The number of hydrogen-bond donors (Lipinski definition) is 1. The van der Waals surface area contributed by atoms with E-state index < -0.39 is 35.1 Å². The second-order valence-corrected chi connectivity index (χ2v) is 10.1. The first kappa shape index (κ1) is 29.2. The van der Waals surface area contributed by atoms with Crippen LogP contribution in [0.4, 0.5) is 18.0 Å². The highest BCUT2D eigenvalue weighted by atomic mass is 19.2. The summed E-state index contributed by atoms with van der Waals surface area (Å²) in [6.45, 7) is 9.54. The topological polar surface area (TPSA) is 79.3 Å². The Kier molecular flexibility index (Phi) is 8.88. The SMILES string of the molecule is C=CC(=CC(CN1CCC2(CC1)CN(C1=CC=C(C(=O)O)CC1)C(=O)O2)=C(C)c1ccc(F)c(F)c1F)OCC. The summed E-state index contributed by atoms with van der Waals surface area (Å²) in [4.78, 5) is 27.7. The molecular weight excluding hydrogens is 525 g/mol. The molecule has 2 fully saturated rings. The van der Waals surface area contributed by atoms with Gasteiger partial charge in [-0.3, -0.25) is 9.80 Å². The molecule has 2 saturated heterocycles. The van der Waals surface area contributed by atoms with Crippen LogP contribution < -0.4 is 0 Å². The predicted octanol–water partition coefficient (Wildman–Crippen LogP) is 5.96. The predicted molar refractivity (Wildman–Crippen MR) is 143 cm³/mol. The number of likely N-dealkylation sites (tertiary alicyclic amines) is 1. The maximum absolute atomic E-state index is 14.7. The number of allylic oxidation sites excluding steroid dienone is 5. The third kappa shape index (κ3) is 6.17. The molecule has 0 aromatic heterocycles. The van der Waals surface area contributed by atoms with E-state index in [0.717, 1.165) is 11.8 Å². The third-order valence-corrected chi connectivity index (χ3v) is 7.63. The lowest BCUT2D eigenvalue weighted by molar-refractivity contribution is -0.132. The molecule has 1 N–H and O–H groups in total. The van der Waals surface area contributed by atoms with Gasteiger partial charge in [-0.05, 0) is 68.2 Å². The number of nitrogens with zero attached hydrogens (tertiary/aromatic N) is 2. The standard InChI is InChI=1S/C30H33F3N2O5/c1-4-23(39-5-2)16-21(19(3)24-10-11-25(31)27(33)26(24)32)17-34-14-12-30(13-15-34)18-35(29(38)40-30)22-8-6-20(7-9-22)28(36)37/h4,6,8,10-11,16H,1,5,7,9,12-15,17-18H2,2-3H3,(H,36,37). The number of piperidine rings is 1. The number of carbonyl (C=O) groups excluding carboxylic acids is 1. The summed E-state index contributed by atoms with van der Waals surface area (Å²) in [5, 5.41) is 9.18. The van der Waals surface area contributed by atoms with Gasteiger partial charge in [0.05, 0.1) is 13.2 Å². The van der Waals surface area contributed by atoms with Crippen LogP contribution in [0.15, 0.2) is 65.6 Å². The normalized spacial score (nSPS) is 20.1. The Morgan fingerprint density at radius 1 is 1.18 bits per heavy atom. The summed E-state index contributed by atoms with van der Waals surface area (Å²) in [6.07, 6.45) is 7.94. The lowest BCUT2D eigenvalue weighted by Crippen LogP contribution is -2.47. The van der Waals surface area contributed by atoms with E-state index in [1.807, 2.05) is 6.92 Å². The molecule has 2 aliphatic heterocycles. The molecule has 1 aromatic carbocycles. The van der Waals surface area contributed by atoms with E-state index in [4.69, 9.17) is 9.47 Å². The third-order valence-electron chi connectivity index (χ3n) is 7.63. The van der Waals surface area contributed by atoms with Crippen molar-refractivity contribution in [2.24, 2.45) is 0 Å². The van der Waals surface area contributed by atoms with Gasteiger partial charge >= 0.3 is 12.1 Å². The molecule has 4 rings (SSSR count). The van der Waals surface area contributed by atoms with Crippen LogP contribution in [0.3, 0.4) is 0 Å². The number of carboxylic acids is 1. The highest BCUT2D eigenvalue weighted by Crippen LogP contribution is 2.37. The Hall–Kier alpha value is -3.79. The fourth-order valence-electron chi connectivity index (χ4n) is 5.25. The van der Waals surface area contributed by atoms with Gasteiger partial charge < -0.3 is 14.6 Å². The van der Waals surface area contributed by atoms with Crippen molar-refractivity contribution in [3.63, 3.8) is 0 Å². The summed E-state index contributed by atoms with van der Waals surface area (Å²) in [7, 11) is 0. The average Bonchev–Trinajstić information content (AvgIpc) is 3.27. The van der Waals surface area contributed by atoms with Crippen molar-refractivity contribution in [3.05, 3.63) is 88.6 Å². The molecule has 7 nitrogen and oxygen atoms in total. The van der Waals surface area contributed by atoms with Gasteiger partial charge in [-0.15, -0.1) is 0 Å². The summed E-state index contributed by atoms with van der Waals surface area (Å²) < 4.78 is 53.7. The number of amides is 1. The minimum absolute atomic E-state index is 0.0419. The number of benzene rings is 1. The van der Waals surface area contributed by atoms with Crippen LogP contribution >= 0.6 is 0 Å². The smallest absolute Gasteiger partial charge is 0.414 e. The molecule has 0 radical (unpaired) electrons. The molecular formula is C30H33F3N2O5. The average molecular weight is 559 g/mol.